The van der Waals surface area contributed by atoms with Crippen LogP contribution in [0.2, 0.25) is 0 Å². The summed E-state index contributed by atoms with van der Waals surface area (Å²) in [6.45, 7) is 2.11. The molecule has 0 N–H and O–H groups in total. The summed E-state index contributed by atoms with van der Waals surface area (Å²) >= 11 is 0. The maximum atomic E-state index is 11.5. The largest absolute Gasteiger partial charge is 0.462 e. The van der Waals surface area contributed by atoms with Crippen molar-refractivity contribution >= 4 is 5.97 Å². The highest BCUT2D eigenvalue weighted by molar-refractivity contribution is 5.89. The van der Waals surface area contributed by atoms with E-state index in [1.807, 2.05) is 6.07 Å². The van der Waals surface area contributed by atoms with Crippen molar-refractivity contribution in [2.24, 2.45) is 0 Å². The number of carbonyl (C=O) groups excluding carboxylic acids is 1. The van der Waals surface area contributed by atoms with E-state index in [4.69, 9.17) is 14.4 Å². The second-order valence-electron chi connectivity index (χ2n) is 3.57. The minimum atomic E-state index is -0.346. The van der Waals surface area contributed by atoms with E-state index >= 15 is 0 Å². The fourth-order valence-corrected chi connectivity index (χ4v) is 1.54. The van der Waals surface area contributed by atoms with Crippen LogP contribution < -0.4 is 0 Å². The Morgan fingerprint density at radius 2 is 2.00 bits per heavy atom. The number of hydrogen-bond acceptors (Lipinski definition) is 4. The molecule has 0 aliphatic carbocycles. The Kier molecular flexibility index (Phi) is 3.44. The summed E-state index contributed by atoms with van der Waals surface area (Å²) in [5.41, 5.74) is 1.30. The number of furan rings is 1. The summed E-state index contributed by atoms with van der Waals surface area (Å²) < 4.78 is 10.2. The van der Waals surface area contributed by atoms with Gasteiger partial charge in [0.1, 0.15) is 11.8 Å². The molecule has 0 saturated heterocycles. The third-order valence-corrected chi connectivity index (χ3v) is 2.40. The molecule has 0 amide bonds. The van der Waals surface area contributed by atoms with E-state index < -0.39 is 0 Å². The second kappa shape index (κ2) is 5.19. The minimum Gasteiger partial charge on any atom is -0.462 e. The van der Waals surface area contributed by atoms with Crippen LogP contribution in [0.4, 0.5) is 0 Å². The highest BCUT2D eigenvalue weighted by Crippen LogP contribution is 2.22. The van der Waals surface area contributed by atoms with Crippen molar-refractivity contribution in [3.63, 3.8) is 0 Å². The molecule has 4 heteroatoms. The van der Waals surface area contributed by atoms with Crippen LogP contribution in [0.5, 0.6) is 0 Å². The molecule has 0 atom stereocenters. The first-order valence-corrected chi connectivity index (χ1v) is 5.52. The van der Waals surface area contributed by atoms with Crippen molar-refractivity contribution in [1.29, 1.82) is 5.26 Å². The third-order valence-electron chi connectivity index (χ3n) is 2.40. The molecule has 0 saturated carbocycles. The molecular weight excluding hydrogens is 230 g/mol. The van der Waals surface area contributed by atoms with Gasteiger partial charge in [-0.25, -0.2) is 4.79 Å². The van der Waals surface area contributed by atoms with Gasteiger partial charge >= 0.3 is 5.97 Å². The van der Waals surface area contributed by atoms with Gasteiger partial charge in [-0.2, -0.15) is 5.26 Å². The zero-order valence-corrected chi connectivity index (χ0v) is 9.84. The molecule has 1 aromatic carbocycles. The molecule has 2 rings (SSSR count). The van der Waals surface area contributed by atoms with Gasteiger partial charge in [-0.05, 0) is 31.2 Å². The van der Waals surface area contributed by atoms with E-state index in [9.17, 15) is 4.79 Å². The zero-order valence-electron chi connectivity index (χ0n) is 9.84. The molecule has 0 spiro atoms. The van der Waals surface area contributed by atoms with Crippen molar-refractivity contribution in [2.45, 2.75) is 6.92 Å². The molecular formula is C14H11NO3. The number of benzene rings is 1. The van der Waals surface area contributed by atoms with Gasteiger partial charge in [0.15, 0.2) is 0 Å². The number of nitriles is 1. The first-order chi connectivity index (χ1) is 8.74. The molecule has 0 fully saturated rings. The van der Waals surface area contributed by atoms with Crippen molar-refractivity contribution in [3.8, 4) is 17.4 Å². The fraction of sp³-hybridized carbons (Fsp3) is 0.143. The Hall–Kier alpha value is -2.54. The molecule has 0 aliphatic heterocycles. The summed E-state index contributed by atoms with van der Waals surface area (Å²) in [4.78, 5) is 11.5. The van der Waals surface area contributed by atoms with E-state index in [2.05, 4.69) is 0 Å². The molecule has 18 heavy (non-hydrogen) atoms. The SMILES string of the molecule is CCOC(=O)c1ccc(-c2ccc(C#N)o2)cc1. The number of esters is 1. The maximum Gasteiger partial charge on any atom is 0.338 e. The van der Waals surface area contributed by atoms with E-state index in [1.54, 1.807) is 43.3 Å². The van der Waals surface area contributed by atoms with Gasteiger partial charge in [-0.15, -0.1) is 0 Å². The number of carbonyl (C=O) groups is 1. The molecule has 0 bridgehead atoms. The van der Waals surface area contributed by atoms with Crippen LogP contribution in [-0.4, -0.2) is 12.6 Å². The summed E-state index contributed by atoms with van der Waals surface area (Å²) in [5.74, 6) is 0.516. The molecule has 0 aliphatic rings. The predicted octanol–water partition coefficient (Wildman–Crippen LogP) is 2.99. The average molecular weight is 241 g/mol. The van der Waals surface area contributed by atoms with Crippen molar-refractivity contribution in [3.05, 3.63) is 47.7 Å². The van der Waals surface area contributed by atoms with E-state index in [-0.39, 0.29) is 11.7 Å². The predicted molar refractivity (Wildman–Crippen MR) is 64.8 cm³/mol. The zero-order chi connectivity index (χ0) is 13.0. The molecule has 0 unspecified atom stereocenters. The smallest absolute Gasteiger partial charge is 0.338 e. The van der Waals surface area contributed by atoms with Crippen LogP contribution >= 0.6 is 0 Å². The molecule has 2 aromatic rings. The molecule has 1 aromatic heterocycles. The van der Waals surface area contributed by atoms with Crippen LogP contribution in [0.1, 0.15) is 23.0 Å². The summed E-state index contributed by atoms with van der Waals surface area (Å²) in [6, 6.07) is 12.1. The number of nitrogens with zero attached hydrogens (tertiary/aromatic N) is 1. The van der Waals surface area contributed by atoms with Crippen LogP contribution in [0.25, 0.3) is 11.3 Å². The standard InChI is InChI=1S/C14H11NO3/c1-2-17-14(16)11-5-3-10(4-6-11)13-8-7-12(9-15)18-13/h3-8H,2H2,1H3. The maximum absolute atomic E-state index is 11.5. The third kappa shape index (κ3) is 2.41. The number of hydrogen-bond donors (Lipinski definition) is 0. The van der Waals surface area contributed by atoms with Gasteiger partial charge < -0.3 is 9.15 Å². The average Bonchev–Trinajstić information content (AvgIpc) is 2.88. The van der Waals surface area contributed by atoms with Gasteiger partial charge in [0, 0.05) is 5.56 Å². The monoisotopic (exact) mass is 241 g/mol. The molecule has 1 heterocycles. The first kappa shape index (κ1) is 11.9. The van der Waals surface area contributed by atoms with E-state index in [0.29, 0.717) is 17.9 Å². The molecule has 0 radical (unpaired) electrons. The quantitative estimate of drug-likeness (QED) is 0.775. The topological polar surface area (TPSA) is 63.2 Å². The van der Waals surface area contributed by atoms with Crippen LogP contribution in [0, 0.1) is 11.3 Å². The number of ether oxygens (including phenoxy) is 1. The first-order valence-electron chi connectivity index (χ1n) is 5.52. The van der Waals surface area contributed by atoms with Gasteiger partial charge in [0.2, 0.25) is 5.76 Å². The fourth-order valence-electron chi connectivity index (χ4n) is 1.54. The van der Waals surface area contributed by atoms with Crippen LogP contribution in [0.15, 0.2) is 40.8 Å². The summed E-state index contributed by atoms with van der Waals surface area (Å²) in [6.07, 6.45) is 0. The second-order valence-corrected chi connectivity index (χ2v) is 3.57. The highest BCUT2D eigenvalue weighted by atomic mass is 16.5. The van der Waals surface area contributed by atoms with Gasteiger partial charge in [0.25, 0.3) is 0 Å². The van der Waals surface area contributed by atoms with Gasteiger partial charge in [-0.1, -0.05) is 12.1 Å². The highest BCUT2D eigenvalue weighted by Gasteiger charge is 2.08. The summed E-state index contributed by atoms with van der Waals surface area (Å²) in [5, 5.41) is 8.67. The minimum absolute atomic E-state index is 0.263. The Morgan fingerprint density at radius 1 is 1.28 bits per heavy atom. The Balaban J connectivity index is 2.22. The lowest BCUT2D eigenvalue weighted by atomic mass is 10.1. The lowest BCUT2D eigenvalue weighted by molar-refractivity contribution is 0.0526. The Labute approximate surface area is 104 Å². The molecule has 90 valence electrons. The lowest BCUT2D eigenvalue weighted by Gasteiger charge is -2.02. The number of rotatable bonds is 3. The van der Waals surface area contributed by atoms with Crippen molar-refractivity contribution < 1.29 is 13.9 Å². The van der Waals surface area contributed by atoms with E-state index in [1.165, 1.54) is 0 Å². The van der Waals surface area contributed by atoms with E-state index in [0.717, 1.165) is 5.56 Å². The Bertz CT molecular complexity index is 590. The van der Waals surface area contributed by atoms with Crippen LogP contribution in [-0.2, 0) is 4.74 Å². The Morgan fingerprint density at radius 3 is 2.56 bits per heavy atom. The lowest BCUT2D eigenvalue weighted by Crippen LogP contribution is -2.03. The summed E-state index contributed by atoms with van der Waals surface area (Å²) in [7, 11) is 0. The van der Waals surface area contributed by atoms with Crippen molar-refractivity contribution in [1.82, 2.24) is 0 Å². The van der Waals surface area contributed by atoms with Crippen molar-refractivity contribution in [2.75, 3.05) is 6.61 Å². The normalized spacial score (nSPS) is 9.78. The molecule has 4 nitrogen and oxygen atoms in total. The van der Waals surface area contributed by atoms with Gasteiger partial charge in [0.05, 0.1) is 12.2 Å². The van der Waals surface area contributed by atoms with Crippen LogP contribution in [0.3, 0.4) is 0 Å². The van der Waals surface area contributed by atoms with Gasteiger partial charge in [-0.3, -0.25) is 0 Å².